The Morgan fingerprint density at radius 2 is 2.08 bits per heavy atom. The fourth-order valence-corrected chi connectivity index (χ4v) is 3.70. The fourth-order valence-electron chi connectivity index (χ4n) is 3.70. The van der Waals surface area contributed by atoms with Gasteiger partial charge >= 0.3 is 6.03 Å². The van der Waals surface area contributed by atoms with Crippen molar-refractivity contribution in [2.75, 3.05) is 32.7 Å². The smallest absolute Gasteiger partial charge is 0.317 e. The van der Waals surface area contributed by atoms with E-state index in [2.05, 4.69) is 36.1 Å². The van der Waals surface area contributed by atoms with Crippen LogP contribution in [0.4, 0.5) is 4.79 Å². The Bertz CT molecular complexity index is 505. The maximum absolute atomic E-state index is 12.5. The molecule has 136 valence electrons. The molecule has 0 saturated carbocycles. The Morgan fingerprint density at radius 1 is 1.38 bits per heavy atom. The topological polar surface area (TPSA) is 53.4 Å². The van der Waals surface area contributed by atoms with E-state index < -0.39 is 0 Å². The first-order valence-electron chi connectivity index (χ1n) is 9.20. The van der Waals surface area contributed by atoms with Gasteiger partial charge in [-0.2, -0.15) is 5.10 Å². The van der Waals surface area contributed by atoms with Gasteiger partial charge in [0.15, 0.2) is 0 Å². The third-order valence-corrected chi connectivity index (χ3v) is 4.56. The van der Waals surface area contributed by atoms with Crippen molar-refractivity contribution in [2.24, 2.45) is 18.9 Å². The highest BCUT2D eigenvalue weighted by atomic mass is 16.2. The second kappa shape index (κ2) is 9.06. The van der Waals surface area contributed by atoms with Crippen LogP contribution < -0.4 is 5.32 Å². The molecule has 0 aliphatic carbocycles. The molecule has 1 N–H and O–H groups in total. The molecular formula is C18H33N5O. The summed E-state index contributed by atoms with van der Waals surface area (Å²) in [7, 11) is 1.90. The lowest BCUT2D eigenvalue weighted by Gasteiger charge is -2.35. The van der Waals surface area contributed by atoms with Gasteiger partial charge in [0.25, 0.3) is 0 Å². The van der Waals surface area contributed by atoms with Gasteiger partial charge in [0, 0.05) is 51.5 Å². The Kier molecular flexibility index (Phi) is 7.09. The van der Waals surface area contributed by atoms with E-state index in [0.29, 0.717) is 13.1 Å². The summed E-state index contributed by atoms with van der Waals surface area (Å²) in [4.78, 5) is 16.8. The molecule has 1 saturated heterocycles. The molecule has 6 heteroatoms. The first kappa shape index (κ1) is 18.8. The largest absolute Gasteiger partial charge is 0.337 e. The molecule has 24 heavy (non-hydrogen) atoms. The SMILES string of the molecule is CCCN(Cc1cnn(C)c1)C(=O)NCCN1C[C@H](C)C[C@H](C)C1. The van der Waals surface area contributed by atoms with Crippen molar-refractivity contribution in [3.8, 4) is 0 Å². The highest BCUT2D eigenvalue weighted by Gasteiger charge is 2.21. The van der Waals surface area contributed by atoms with Crippen LogP contribution >= 0.6 is 0 Å². The number of piperidine rings is 1. The molecule has 1 aromatic heterocycles. The molecular weight excluding hydrogens is 302 g/mol. The van der Waals surface area contributed by atoms with E-state index in [-0.39, 0.29) is 6.03 Å². The summed E-state index contributed by atoms with van der Waals surface area (Å²) in [6, 6.07) is 0.0267. The van der Waals surface area contributed by atoms with Crippen LogP contribution in [0, 0.1) is 11.8 Å². The van der Waals surface area contributed by atoms with Crippen molar-refractivity contribution in [3.63, 3.8) is 0 Å². The van der Waals surface area contributed by atoms with Gasteiger partial charge < -0.3 is 15.1 Å². The van der Waals surface area contributed by atoms with Crippen LogP contribution in [0.2, 0.25) is 0 Å². The average molecular weight is 335 g/mol. The Balaban J connectivity index is 1.77. The lowest BCUT2D eigenvalue weighted by Crippen LogP contribution is -2.45. The Morgan fingerprint density at radius 3 is 2.67 bits per heavy atom. The van der Waals surface area contributed by atoms with E-state index >= 15 is 0 Å². The van der Waals surface area contributed by atoms with E-state index in [0.717, 1.165) is 50.0 Å². The third kappa shape index (κ3) is 5.82. The van der Waals surface area contributed by atoms with Crippen LogP contribution in [0.5, 0.6) is 0 Å². The highest BCUT2D eigenvalue weighted by Crippen LogP contribution is 2.20. The van der Waals surface area contributed by atoms with E-state index in [9.17, 15) is 4.79 Å². The van der Waals surface area contributed by atoms with Gasteiger partial charge in [0.2, 0.25) is 0 Å². The second-order valence-electron chi connectivity index (χ2n) is 7.38. The van der Waals surface area contributed by atoms with Crippen molar-refractivity contribution in [2.45, 2.75) is 40.2 Å². The van der Waals surface area contributed by atoms with Gasteiger partial charge in [0.05, 0.1) is 12.7 Å². The average Bonchev–Trinajstić information content (AvgIpc) is 2.91. The summed E-state index contributed by atoms with van der Waals surface area (Å²) in [6.45, 7) is 12.1. The highest BCUT2D eigenvalue weighted by molar-refractivity contribution is 5.74. The van der Waals surface area contributed by atoms with Gasteiger partial charge in [0.1, 0.15) is 0 Å². The number of rotatable bonds is 7. The molecule has 6 nitrogen and oxygen atoms in total. The first-order chi connectivity index (χ1) is 11.5. The van der Waals surface area contributed by atoms with Gasteiger partial charge in [-0.25, -0.2) is 4.79 Å². The van der Waals surface area contributed by atoms with Crippen molar-refractivity contribution in [1.29, 1.82) is 0 Å². The Hall–Kier alpha value is -1.56. The van der Waals surface area contributed by atoms with Crippen molar-refractivity contribution in [3.05, 3.63) is 18.0 Å². The predicted octanol–water partition coefficient (Wildman–Crippen LogP) is 2.32. The van der Waals surface area contributed by atoms with E-state index in [1.54, 1.807) is 4.68 Å². The molecule has 0 radical (unpaired) electrons. The minimum Gasteiger partial charge on any atom is -0.337 e. The number of likely N-dealkylation sites (tertiary alicyclic amines) is 1. The number of aromatic nitrogens is 2. The molecule has 1 fully saturated rings. The maximum atomic E-state index is 12.5. The molecule has 2 atom stereocenters. The molecule has 2 amide bonds. The lowest BCUT2D eigenvalue weighted by atomic mass is 9.92. The normalized spacial score (nSPS) is 21.7. The van der Waals surface area contributed by atoms with Crippen molar-refractivity contribution < 1.29 is 4.79 Å². The van der Waals surface area contributed by atoms with Crippen LogP contribution in [-0.2, 0) is 13.6 Å². The number of carbonyl (C=O) groups is 1. The third-order valence-electron chi connectivity index (χ3n) is 4.56. The minimum atomic E-state index is 0.0267. The molecule has 0 bridgehead atoms. The van der Waals surface area contributed by atoms with E-state index in [1.165, 1.54) is 6.42 Å². The molecule has 2 heterocycles. The number of amides is 2. The van der Waals surface area contributed by atoms with Crippen LogP contribution in [0.3, 0.4) is 0 Å². The van der Waals surface area contributed by atoms with Crippen LogP contribution in [-0.4, -0.2) is 58.3 Å². The zero-order valence-corrected chi connectivity index (χ0v) is 15.7. The number of carbonyl (C=O) groups excluding carboxylic acids is 1. The van der Waals surface area contributed by atoms with Gasteiger partial charge in [-0.1, -0.05) is 20.8 Å². The number of hydrogen-bond acceptors (Lipinski definition) is 3. The molecule has 2 rings (SSSR count). The molecule has 1 aliphatic rings. The fraction of sp³-hybridized carbons (Fsp3) is 0.778. The zero-order chi connectivity index (χ0) is 17.5. The summed E-state index contributed by atoms with van der Waals surface area (Å²) >= 11 is 0. The van der Waals surface area contributed by atoms with Gasteiger partial charge in [-0.3, -0.25) is 4.68 Å². The first-order valence-corrected chi connectivity index (χ1v) is 9.20. The Labute approximate surface area is 146 Å². The van der Waals surface area contributed by atoms with Crippen molar-refractivity contribution in [1.82, 2.24) is 24.9 Å². The minimum absolute atomic E-state index is 0.0267. The maximum Gasteiger partial charge on any atom is 0.317 e. The summed E-state index contributed by atoms with van der Waals surface area (Å²) in [5.41, 5.74) is 1.07. The molecule has 1 aliphatic heterocycles. The number of nitrogens with one attached hydrogen (secondary N) is 1. The standard InChI is InChI=1S/C18H33N5O/c1-5-7-23(14-17-10-20-21(4)13-17)18(24)19-6-8-22-11-15(2)9-16(3)12-22/h10,13,15-16H,5-9,11-12,14H2,1-4H3,(H,19,24)/t15-,16+. The number of urea groups is 1. The number of hydrogen-bond donors (Lipinski definition) is 1. The van der Waals surface area contributed by atoms with Gasteiger partial charge in [-0.15, -0.1) is 0 Å². The van der Waals surface area contributed by atoms with Crippen molar-refractivity contribution >= 4 is 6.03 Å². The lowest BCUT2D eigenvalue weighted by molar-refractivity contribution is 0.140. The van der Waals surface area contributed by atoms with E-state index in [4.69, 9.17) is 0 Å². The van der Waals surface area contributed by atoms with Crippen LogP contribution in [0.1, 0.15) is 39.2 Å². The zero-order valence-electron chi connectivity index (χ0n) is 15.7. The quantitative estimate of drug-likeness (QED) is 0.832. The monoisotopic (exact) mass is 335 g/mol. The summed E-state index contributed by atoms with van der Waals surface area (Å²) < 4.78 is 1.77. The van der Waals surface area contributed by atoms with E-state index in [1.807, 2.05) is 24.3 Å². The predicted molar refractivity (Wildman–Crippen MR) is 96.7 cm³/mol. The number of nitrogens with zero attached hydrogens (tertiary/aromatic N) is 4. The van der Waals surface area contributed by atoms with Gasteiger partial charge in [-0.05, 0) is 24.7 Å². The molecule has 0 aromatic carbocycles. The number of aryl methyl sites for hydroxylation is 1. The van der Waals surface area contributed by atoms with Crippen LogP contribution in [0.15, 0.2) is 12.4 Å². The molecule has 0 spiro atoms. The summed E-state index contributed by atoms with van der Waals surface area (Å²) in [5, 5.41) is 7.27. The summed E-state index contributed by atoms with van der Waals surface area (Å²) in [6.07, 6.45) is 6.06. The molecule has 1 aromatic rings. The molecule has 0 unspecified atom stereocenters. The summed E-state index contributed by atoms with van der Waals surface area (Å²) in [5.74, 6) is 1.51. The van der Waals surface area contributed by atoms with Crippen LogP contribution in [0.25, 0.3) is 0 Å². The second-order valence-corrected chi connectivity index (χ2v) is 7.38.